The van der Waals surface area contributed by atoms with Gasteiger partial charge in [-0.1, -0.05) is 13.0 Å². The molecule has 7 nitrogen and oxygen atoms in total. The number of anilines is 1. The third kappa shape index (κ3) is 7.05. The second-order valence-electron chi connectivity index (χ2n) is 5.73. The Bertz CT molecular complexity index is 525. The first-order valence-corrected chi connectivity index (χ1v) is 8.03. The number of hydrogen-bond acceptors (Lipinski definition) is 5. The number of nitrogens with two attached hydrogens (primary N) is 1. The minimum absolute atomic E-state index is 0. The summed E-state index contributed by atoms with van der Waals surface area (Å²) in [6.45, 7) is 5.37. The Kier molecular flexibility index (Phi) is 11.1. The second kappa shape index (κ2) is 11.9. The van der Waals surface area contributed by atoms with Crippen molar-refractivity contribution in [3.05, 3.63) is 24.4 Å². The van der Waals surface area contributed by atoms with E-state index in [0.29, 0.717) is 32.6 Å². The van der Waals surface area contributed by atoms with Gasteiger partial charge in [0.2, 0.25) is 11.8 Å². The first kappa shape index (κ1) is 23.4. The summed E-state index contributed by atoms with van der Waals surface area (Å²) >= 11 is 0. The molecule has 1 saturated heterocycles. The van der Waals surface area contributed by atoms with Crippen LogP contribution in [-0.2, 0) is 9.59 Å². The first-order valence-electron chi connectivity index (χ1n) is 8.03. The molecular weight excluding hydrogens is 365 g/mol. The Morgan fingerprint density at radius 2 is 1.92 bits per heavy atom. The monoisotopic (exact) mass is 391 g/mol. The Morgan fingerprint density at radius 1 is 1.24 bits per heavy atom. The van der Waals surface area contributed by atoms with E-state index in [2.05, 4.69) is 15.2 Å². The predicted molar refractivity (Wildman–Crippen MR) is 103 cm³/mol. The van der Waals surface area contributed by atoms with Crippen LogP contribution in [0.5, 0.6) is 0 Å². The van der Waals surface area contributed by atoms with Gasteiger partial charge in [0.1, 0.15) is 5.82 Å². The Morgan fingerprint density at radius 3 is 2.48 bits per heavy atom. The lowest BCUT2D eigenvalue weighted by atomic mass is 10.1. The van der Waals surface area contributed by atoms with Crippen molar-refractivity contribution in [2.45, 2.75) is 13.3 Å². The van der Waals surface area contributed by atoms with Crippen molar-refractivity contribution >= 4 is 42.4 Å². The highest BCUT2D eigenvalue weighted by atomic mass is 35.5. The average Bonchev–Trinajstić information content (AvgIpc) is 2.61. The number of aromatic nitrogens is 1. The molecule has 1 aliphatic heterocycles. The van der Waals surface area contributed by atoms with Gasteiger partial charge in [-0.25, -0.2) is 4.98 Å². The molecule has 0 aliphatic carbocycles. The molecule has 3 N–H and O–H groups in total. The summed E-state index contributed by atoms with van der Waals surface area (Å²) in [6, 6.07) is 5.83. The van der Waals surface area contributed by atoms with Gasteiger partial charge in [0.05, 0.1) is 0 Å². The van der Waals surface area contributed by atoms with Crippen molar-refractivity contribution in [3.8, 4) is 0 Å². The van der Waals surface area contributed by atoms with Crippen LogP contribution in [0.4, 0.5) is 5.82 Å². The quantitative estimate of drug-likeness (QED) is 0.743. The van der Waals surface area contributed by atoms with Crippen LogP contribution in [-0.4, -0.2) is 61.0 Å². The summed E-state index contributed by atoms with van der Waals surface area (Å²) in [5, 5.41) is 2.75. The molecule has 1 aromatic rings. The van der Waals surface area contributed by atoms with Crippen LogP contribution in [0.15, 0.2) is 24.4 Å². The summed E-state index contributed by atoms with van der Waals surface area (Å²) in [6.07, 6.45) is 2.10. The van der Waals surface area contributed by atoms with Gasteiger partial charge in [-0.15, -0.1) is 24.8 Å². The number of pyridine rings is 1. The predicted octanol–water partition coefficient (Wildman–Crippen LogP) is 0.675. The number of carbonyl (C=O) groups is 2. The van der Waals surface area contributed by atoms with E-state index < -0.39 is 0 Å². The van der Waals surface area contributed by atoms with Crippen LogP contribution in [0.25, 0.3) is 0 Å². The van der Waals surface area contributed by atoms with Crippen molar-refractivity contribution in [2.24, 2.45) is 11.7 Å². The molecule has 2 rings (SSSR count). The van der Waals surface area contributed by atoms with Crippen molar-refractivity contribution in [3.63, 3.8) is 0 Å². The molecule has 9 heteroatoms. The summed E-state index contributed by atoms with van der Waals surface area (Å²) in [4.78, 5) is 32.1. The summed E-state index contributed by atoms with van der Waals surface area (Å²) in [7, 11) is 0. The van der Waals surface area contributed by atoms with E-state index in [9.17, 15) is 9.59 Å². The van der Waals surface area contributed by atoms with Gasteiger partial charge in [0, 0.05) is 57.8 Å². The molecule has 1 unspecified atom stereocenters. The largest absolute Gasteiger partial charge is 0.355 e. The maximum Gasteiger partial charge on any atom is 0.224 e. The van der Waals surface area contributed by atoms with E-state index in [4.69, 9.17) is 5.73 Å². The zero-order valence-corrected chi connectivity index (χ0v) is 16.0. The smallest absolute Gasteiger partial charge is 0.224 e. The van der Waals surface area contributed by atoms with E-state index in [1.165, 1.54) is 0 Å². The van der Waals surface area contributed by atoms with E-state index in [1.807, 2.05) is 23.1 Å². The fourth-order valence-corrected chi connectivity index (χ4v) is 2.46. The lowest BCUT2D eigenvalue weighted by molar-refractivity contribution is -0.131. The molecule has 0 bridgehead atoms. The topological polar surface area (TPSA) is 91.6 Å². The molecule has 0 spiro atoms. The molecule has 1 aliphatic rings. The second-order valence-corrected chi connectivity index (χ2v) is 5.73. The normalized spacial score (nSPS) is 14.8. The lowest BCUT2D eigenvalue weighted by Gasteiger charge is -2.35. The van der Waals surface area contributed by atoms with Crippen molar-refractivity contribution < 1.29 is 9.59 Å². The molecular formula is C16H27Cl2N5O2. The van der Waals surface area contributed by atoms with Gasteiger partial charge >= 0.3 is 0 Å². The number of piperazine rings is 1. The minimum Gasteiger partial charge on any atom is -0.355 e. The number of hydrogen-bond donors (Lipinski definition) is 2. The molecule has 25 heavy (non-hydrogen) atoms. The van der Waals surface area contributed by atoms with Gasteiger partial charge in [-0.05, 0) is 12.1 Å². The van der Waals surface area contributed by atoms with Crippen molar-refractivity contribution in [1.82, 2.24) is 15.2 Å². The fraction of sp³-hybridized carbons (Fsp3) is 0.562. The zero-order chi connectivity index (χ0) is 16.7. The van der Waals surface area contributed by atoms with Gasteiger partial charge in [-0.3, -0.25) is 9.59 Å². The van der Waals surface area contributed by atoms with Crippen LogP contribution >= 0.6 is 24.8 Å². The Labute approximate surface area is 161 Å². The van der Waals surface area contributed by atoms with E-state index >= 15 is 0 Å². The van der Waals surface area contributed by atoms with Gasteiger partial charge < -0.3 is 20.9 Å². The summed E-state index contributed by atoms with van der Waals surface area (Å²) in [5.74, 6) is 0.710. The Hall–Kier alpha value is -1.57. The maximum atomic E-state index is 12.2. The highest BCUT2D eigenvalue weighted by Gasteiger charge is 2.21. The number of carbonyl (C=O) groups excluding carboxylic acids is 2. The highest BCUT2D eigenvalue weighted by molar-refractivity contribution is 5.85. The highest BCUT2D eigenvalue weighted by Crippen LogP contribution is 2.12. The van der Waals surface area contributed by atoms with Crippen LogP contribution in [0.3, 0.4) is 0 Å². The number of rotatable bonds is 6. The molecule has 1 fully saturated rings. The summed E-state index contributed by atoms with van der Waals surface area (Å²) < 4.78 is 0. The van der Waals surface area contributed by atoms with Crippen LogP contribution in [0.2, 0.25) is 0 Å². The van der Waals surface area contributed by atoms with Crippen LogP contribution in [0.1, 0.15) is 13.3 Å². The molecule has 2 heterocycles. The maximum absolute atomic E-state index is 12.2. The number of nitrogens with zero attached hydrogens (tertiary/aromatic N) is 3. The molecule has 1 aromatic heterocycles. The zero-order valence-electron chi connectivity index (χ0n) is 14.4. The summed E-state index contributed by atoms with van der Waals surface area (Å²) in [5.41, 5.74) is 5.44. The van der Waals surface area contributed by atoms with E-state index in [1.54, 1.807) is 13.1 Å². The van der Waals surface area contributed by atoms with Crippen LogP contribution < -0.4 is 16.0 Å². The SMILES string of the molecule is CC(CN)C(=O)NCCC(=O)N1CCN(c2ccccn2)CC1.Cl.Cl. The van der Waals surface area contributed by atoms with E-state index in [-0.39, 0.29) is 42.5 Å². The standard InChI is InChI=1S/C16H25N5O2.2ClH/c1-13(12-17)16(23)19-7-5-15(22)21-10-8-20(9-11-21)14-4-2-3-6-18-14;;/h2-4,6,13H,5,7-12,17H2,1H3,(H,19,23);2*1H. The molecule has 2 amide bonds. The first-order chi connectivity index (χ1) is 11.1. The fourth-order valence-electron chi connectivity index (χ4n) is 2.46. The number of halogens is 2. The third-order valence-corrected chi connectivity index (χ3v) is 4.04. The van der Waals surface area contributed by atoms with E-state index in [0.717, 1.165) is 18.9 Å². The molecule has 142 valence electrons. The van der Waals surface area contributed by atoms with Crippen LogP contribution in [0, 0.1) is 5.92 Å². The molecule has 0 aromatic carbocycles. The third-order valence-electron chi connectivity index (χ3n) is 4.04. The van der Waals surface area contributed by atoms with Gasteiger partial charge in [-0.2, -0.15) is 0 Å². The Balaban J connectivity index is 0.00000288. The lowest BCUT2D eigenvalue weighted by Crippen LogP contribution is -2.49. The number of amides is 2. The average molecular weight is 392 g/mol. The van der Waals surface area contributed by atoms with Crippen molar-refractivity contribution in [2.75, 3.05) is 44.2 Å². The molecule has 1 atom stereocenters. The minimum atomic E-state index is -0.216. The number of nitrogens with one attached hydrogen (secondary N) is 1. The molecule has 0 radical (unpaired) electrons. The van der Waals surface area contributed by atoms with Crippen molar-refractivity contribution in [1.29, 1.82) is 0 Å². The van der Waals surface area contributed by atoms with Gasteiger partial charge in [0.25, 0.3) is 0 Å². The molecule has 0 saturated carbocycles. The van der Waals surface area contributed by atoms with Gasteiger partial charge in [0.15, 0.2) is 0 Å².